The number of aliphatic hydroxyl groups is 1. The lowest BCUT2D eigenvalue weighted by molar-refractivity contribution is -0.469. The van der Waals surface area contributed by atoms with E-state index in [1.54, 1.807) is 12.1 Å². The predicted molar refractivity (Wildman–Crippen MR) is 183 cm³/mol. The Hall–Kier alpha value is -3.74. The molecule has 1 aromatic carbocycles. The molecular weight excluding hydrogens is 658 g/mol. The predicted octanol–water partition coefficient (Wildman–Crippen LogP) is -0.621. The van der Waals surface area contributed by atoms with Gasteiger partial charge in [0, 0.05) is 38.3 Å². The largest absolute Gasteiger partial charge is 0.460 e. The van der Waals surface area contributed by atoms with Gasteiger partial charge in [-0.3, -0.25) is 9.59 Å². The van der Waals surface area contributed by atoms with Gasteiger partial charge in [0.2, 0.25) is 10.8 Å². The highest BCUT2D eigenvalue weighted by atomic mass is 16.6. The van der Waals surface area contributed by atoms with Gasteiger partial charge in [-0.25, -0.2) is 4.99 Å². The second-order valence-corrected chi connectivity index (χ2v) is 10.9. The van der Waals surface area contributed by atoms with Crippen LogP contribution in [0.4, 0.5) is 5.69 Å². The molecule has 50 heavy (non-hydrogen) atoms. The molecule has 0 aromatic heterocycles. The van der Waals surface area contributed by atoms with Crippen LogP contribution in [-0.4, -0.2) is 149 Å². The minimum atomic E-state index is -0.793. The molecule has 1 aliphatic heterocycles. The number of fused-ring (bicyclic) bond motifs is 1. The molecule has 0 bridgehead atoms. The van der Waals surface area contributed by atoms with Crippen molar-refractivity contribution in [3.8, 4) is 0 Å². The van der Waals surface area contributed by atoms with E-state index in [-0.39, 0.29) is 35.4 Å². The molecule has 0 fully saturated rings. The Balaban J connectivity index is 1.16. The van der Waals surface area contributed by atoms with Crippen molar-refractivity contribution in [2.45, 2.75) is 6.42 Å². The highest BCUT2D eigenvalue weighted by Crippen LogP contribution is 2.20. The van der Waals surface area contributed by atoms with Gasteiger partial charge in [0.1, 0.15) is 23.8 Å². The molecular formula is C34H50N3O13+. The number of nitrogens with one attached hydrogen (secondary N) is 2. The average Bonchev–Trinajstić information content (AvgIpc) is 3.11. The van der Waals surface area contributed by atoms with E-state index in [4.69, 9.17) is 42.3 Å². The first-order valence-electron chi connectivity index (χ1n) is 16.6. The third-order valence-electron chi connectivity index (χ3n) is 6.93. The standard InChI is InChI=1S/C34H49N3O13/c1-37(2)26-4-5-28-30(24-26)50-33-31(36-28)27(25-29(39)32(33)40)34(41)35-6-9-43-11-13-45-15-17-47-19-21-49-23-22-48-20-18-46-16-14-44-12-10-42-8-3-7-38/h4-5,7,24-25,36H,3,6,8-23H2,1-2H3,(H,35,41)/p+1. The number of aldehydes is 1. The Labute approximate surface area is 289 Å². The Morgan fingerprint density at radius 3 is 1.70 bits per heavy atom. The monoisotopic (exact) mass is 708 g/mol. The number of hydrogen-bond donors (Lipinski definition) is 3. The molecule has 3 rings (SSSR count). The van der Waals surface area contributed by atoms with E-state index in [9.17, 15) is 19.5 Å². The van der Waals surface area contributed by atoms with E-state index in [1.807, 2.05) is 25.1 Å². The van der Waals surface area contributed by atoms with Crippen molar-refractivity contribution < 1.29 is 57.2 Å². The zero-order valence-electron chi connectivity index (χ0n) is 28.9. The number of aromatic amines is 1. The Morgan fingerprint density at radius 1 is 0.740 bits per heavy atom. The fraction of sp³-hybridized carbons (Fsp3) is 0.588. The maximum atomic E-state index is 12.5. The zero-order valence-corrected chi connectivity index (χ0v) is 28.9. The van der Waals surface area contributed by atoms with Crippen LogP contribution in [0, 0.1) is 10.8 Å². The summed E-state index contributed by atoms with van der Waals surface area (Å²) in [6.07, 6.45) is 1.22. The smallest absolute Gasteiger partial charge is 0.368 e. The van der Waals surface area contributed by atoms with Gasteiger partial charge in [0.05, 0.1) is 105 Å². The molecule has 0 spiro atoms. The molecule has 0 amide bonds. The van der Waals surface area contributed by atoms with E-state index >= 15 is 0 Å². The number of aromatic nitrogens is 1. The van der Waals surface area contributed by atoms with Crippen LogP contribution in [0.3, 0.4) is 0 Å². The first kappa shape index (κ1) is 40.7. The van der Waals surface area contributed by atoms with E-state index in [1.165, 1.54) is 0 Å². The summed E-state index contributed by atoms with van der Waals surface area (Å²) in [7, 11) is 3.76. The summed E-state index contributed by atoms with van der Waals surface area (Å²) in [5.74, 6) is -0.286. The summed E-state index contributed by atoms with van der Waals surface area (Å²) in [4.78, 5) is 42.9. The van der Waals surface area contributed by atoms with Crippen LogP contribution in [0.15, 0.2) is 38.3 Å². The number of carbonyl (C=O) groups excluding carboxylic acids is 1. The Morgan fingerprint density at radius 2 is 1.22 bits per heavy atom. The normalized spacial score (nSPS) is 11.9. The lowest BCUT2D eigenvalue weighted by Gasteiger charge is -2.12. The van der Waals surface area contributed by atoms with Gasteiger partial charge in [-0.1, -0.05) is 0 Å². The number of benzene rings is 1. The summed E-state index contributed by atoms with van der Waals surface area (Å²) in [5.41, 5.74) is 0.246. The lowest BCUT2D eigenvalue weighted by Crippen LogP contribution is -2.74. The van der Waals surface area contributed by atoms with Crippen LogP contribution in [0.2, 0.25) is 0 Å². The van der Waals surface area contributed by atoms with E-state index in [0.29, 0.717) is 117 Å². The number of ether oxygens (including phenoxy) is 8. The summed E-state index contributed by atoms with van der Waals surface area (Å²) >= 11 is 0. The quantitative estimate of drug-likeness (QED) is 0.0272. The number of rotatable bonds is 29. The van der Waals surface area contributed by atoms with Crippen molar-refractivity contribution in [3.05, 3.63) is 61.0 Å². The second-order valence-electron chi connectivity index (χ2n) is 10.9. The van der Waals surface area contributed by atoms with Gasteiger partial charge in [-0.2, -0.15) is 0 Å². The molecule has 16 nitrogen and oxygen atoms in total. The van der Waals surface area contributed by atoms with Gasteiger partial charge >= 0.3 is 5.90 Å². The van der Waals surface area contributed by atoms with Gasteiger partial charge in [-0.05, 0) is 12.1 Å². The highest BCUT2D eigenvalue weighted by molar-refractivity contribution is 5.88. The van der Waals surface area contributed by atoms with E-state index in [2.05, 4.69) is 9.98 Å². The van der Waals surface area contributed by atoms with Crippen LogP contribution in [0.25, 0.3) is 11.1 Å². The fourth-order valence-electron chi connectivity index (χ4n) is 4.36. The lowest BCUT2D eigenvalue weighted by atomic mass is 10.2. The number of carbonyl (C=O) groups is 1. The summed E-state index contributed by atoms with van der Waals surface area (Å²) < 4.78 is 49.2. The molecule has 0 saturated heterocycles. The molecule has 2 aliphatic rings. The molecule has 0 saturated carbocycles. The topological polar surface area (TPSA) is 191 Å². The fourth-order valence-corrected chi connectivity index (χ4v) is 4.36. The zero-order chi connectivity index (χ0) is 35.8. The highest BCUT2D eigenvalue weighted by Gasteiger charge is 2.17. The molecule has 16 heteroatoms. The van der Waals surface area contributed by atoms with Gasteiger partial charge in [-0.15, -0.1) is 0 Å². The first-order valence-corrected chi connectivity index (χ1v) is 16.6. The van der Waals surface area contributed by atoms with Crippen molar-refractivity contribution in [2.24, 2.45) is 0 Å². The minimum absolute atomic E-state index is 0.126. The van der Waals surface area contributed by atoms with Crippen LogP contribution in [0.1, 0.15) is 12.0 Å². The van der Waals surface area contributed by atoms with Gasteiger partial charge in [0.15, 0.2) is 12.1 Å². The summed E-state index contributed by atoms with van der Waals surface area (Å²) in [6.45, 7) is 7.11. The third kappa shape index (κ3) is 15.0. The molecule has 3 N–H and O–H groups in total. The number of nitrogens with zero attached hydrogens (tertiary/aromatic N) is 1. The average molecular weight is 709 g/mol. The van der Waals surface area contributed by atoms with Gasteiger partial charge < -0.3 is 62.1 Å². The molecule has 0 atom stereocenters. The van der Waals surface area contributed by atoms with Crippen molar-refractivity contribution >= 4 is 29.0 Å². The first-order chi connectivity index (χ1) is 24.4. The van der Waals surface area contributed by atoms with Gasteiger partial charge in [0.25, 0.3) is 5.43 Å². The SMILES string of the molecule is CN(C)c1ccc2[nH]c3c(C(O)=[NH+]CCOCCOCCOCCOCCOCCOCCOCCOCCC=O)cc(=O)c(=O)c=3oc2c1. The molecule has 1 aliphatic carbocycles. The van der Waals surface area contributed by atoms with E-state index in [0.717, 1.165) is 18.0 Å². The third-order valence-corrected chi connectivity index (χ3v) is 6.93. The van der Waals surface area contributed by atoms with Crippen LogP contribution >= 0.6 is 0 Å². The Kier molecular flexibility index (Phi) is 19.9. The molecule has 0 unspecified atom stereocenters. The molecule has 1 heterocycles. The number of anilines is 1. The van der Waals surface area contributed by atoms with E-state index < -0.39 is 10.9 Å². The summed E-state index contributed by atoms with van der Waals surface area (Å²) in [5, 5.41) is 10.9. The van der Waals surface area contributed by atoms with Crippen molar-refractivity contribution in [1.29, 1.82) is 0 Å². The van der Waals surface area contributed by atoms with Crippen molar-refractivity contribution in [1.82, 2.24) is 4.98 Å². The van der Waals surface area contributed by atoms with Crippen molar-refractivity contribution in [3.63, 3.8) is 0 Å². The van der Waals surface area contributed by atoms with Crippen LogP contribution in [-0.2, 0) is 42.7 Å². The maximum Gasteiger partial charge on any atom is 0.368 e. The maximum absolute atomic E-state index is 12.5. The summed E-state index contributed by atoms with van der Waals surface area (Å²) in [6, 6.07) is 6.52. The van der Waals surface area contributed by atoms with Crippen molar-refractivity contribution in [2.75, 3.05) is 131 Å². The minimum Gasteiger partial charge on any atom is -0.460 e. The van der Waals surface area contributed by atoms with Crippen LogP contribution in [0.5, 0.6) is 0 Å². The molecule has 0 radical (unpaired) electrons. The number of aliphatic hydroxyl groups excluding tert-OH is 1. The molecule has 278 valence electrons. The Bertz CT molecular complexity index is 1610. The molecule has 1 aromatic rings. The van der Waals surface area contributed by atoms with Crippen LogP contribution < -0.4 is 20.7 Å². The number of H-pyrrole nitrogens is 1. The number of hydrogen-bond acceptors (Lipinski definition) is 13. The second kappa shape index (κ2) is 24.4.